The maximum Gasteiger partial charge on any atom is 0.240 e. The van der Waals surface area contributed by atoms with Crippen molar-refractivity contribution in [2.45, 2.75) is 31.6 Å². The fourth-order valence-electron chi connectivity index (χ4n) is 1.92. The molecule has 0 saturated heterocycles. The van der Waals surface area contributed by atoms with Crippen LogP contribution in [0.5, 0.6) is 0 Å². The molecule has 6 nitrogen and oxygen atoms in total. The van der Waals surface area contributed by atoms with Crippen molar-refractivity contribution >= 4 is 32.4 Å². The van der Waals surface area contributed by atoms with Crippen molar-refractivity contribution in [1.82, 2.24) is 9.71 Å². The van der Waals surface area contributed by atoms with Crippen LogP contribution in [0.25, 0.3) is 0 Å². The molecule has 0 aliphatic carbocycles. The van der Waals surface area contributed by atoms with Crippen molar-refractivity contribution in [3.8, 4) is 0 Å². The fraction of sp³-hybridized carbons (Fsp3) is 0.333. The van der Waals surface area contributed by atoms with Crippen LogP contribution in [0.2, 0.25) is 0 Å². The minimum atomic E-state index is -3.42. The van der Waals surface area contributed by atoms with Crippen molar-refractivity contribution in [2.24, 2.45) is 0 Å². The zero-order chi connectivity index (χ0) is 17.0. The number of amides is 1. The molecule has 0 spiro atoms. The van der Waals surface area contributed by atoms with Gasteiger partial charge in [0.1, 0.15) is 0 Å². The predicted molar refractivity (Wildman–Crippen MR) is 91.2 cm³/mol. The summed E-state index contributed by atoms with van der Waals surface area (Å²) in [7, 11) is -2.05. The van der Waals surface area contributed by atoms with Crippen molar-refractivity contribution in [3.05, 3.63) is 40.4 Å². The average Bonchev–Trinajstić information content (AvgIpc) is 2.83. The van der Waals surface area contributed by atoms with Gasteiger partial charge in [0.05, 0.1) is 10.6 Å². The largest absolute Gasteiger partial charge is 0.302 e. The lowest BCUT2D eigenvalue weighted by atomic mass is 10.1. The van der Waals surface area contributed by atoms with Crippen LogP contribution >= 0.6 is 11.3 Å². The highest BCUT2D eigenvalue weighted by atomic mass is 32.2. The number of carbonyl (C=O) groups excluding carboxylic acids is 1. The van der Waals surface area contributed by atoms with Gasteiger partial charge < -0.3 is 5.32 Å². The number of aromatic nitrogens is 1. The van der Waals surface area contributed by atoms with Gasteiger partial charge in [-0.1, -0.05) is 12.1 Å². The van der Waals surface area contributed by atoms with E-state index in [0.717, 1.165) is 16.1 Å². The Labute approximate surface area is 140 Å². The number of nitrogens with one attached hydrogen (secondary N) is 2. The van der Waals surface area contributed by atoms with E-state index in [4.69, 9.17) is 0 Å². The third-order valence-electron chi connectivity index (χ3n) is 3.42. The maximum absolute atomic E-state index is 11.9. The van der Waals surface area contributed by atoms with Gasteiger partial charge in [0, 0.05) is 11.3 Å². The van der Waals surface area contributed by atoms with E-state index in [9.17, 15) is 13.2 Å². The van der Waals surface area contributed by atoms with E-state index in [2.05, 4.69) is 15.0 Å². The van der Waals surface area contributed by atoms with Crippen molar-refractivity contribution in [3.63, 3.8) is 0 Å². The fourth-order valence-corrected chi connectivity index (χ4v) is 3.48. The van der Waals surface area contributed by atoms with E-state index in [1.54, 1.807) is 12.1 Å². The zero-order valence-electron chi connectivity index (χ0n) is 13.2. The van der Waals surface area contributed by atoms with Crippen molar-refractivity contribution in [2.75, 3.05) is 12.4 Å². The number of hydrogen-bond acceptors (Lipinski definition) is 5. The molecule has 0 unspecified atom stereocenters. The SMILES string of the molecule is CNS(=O)(=O)c1ccc(CCC(=O)Nc2nc(C)c(C)s2)cc1. The molecule has 23 heavy (non-hydrogen) atoms. The molecule has 1 amide bonds. The molecule has 0 aliphatic rings. The normalized spacial score (nSPS) is 11.4. The number of carbonyl (C=O) groups is 1. The summed E-state index contributed by atoms with van der Waals surface area (Å²) in [5, 5.41) is 3.39. The molecule has 1 aromatic carbocycles. The molecule has 0 bridgehead atoms. The smallest absolute Gasteiger partial charge is 0.240 e. The average molecular weight is 353 g/mol. The molecule has 1 aromatic heterocycles. The summed E-state index contributed by atoms with van der Waals surface area (Å²) in [4.78, 5) is 17.5. The second-order valence-electron chi connectivity index (χ2n) is 5.06. The predicted octanol–water partition coefficient (Wildman–Crippen LogP) is 2.24. The topological polar surface area (TPSA) is 88.2 Å². The van der Waals surface area contributed by atoms with Crippen LogP contribution in [0.4, 0.5) is 5.13 Å². The highest BCUT2D eigenvalue weighted by molar-refractivity contribution is 7.89. The first kappa shape index (κ1) is 17.6. The number of anilines is 1. The lowest BCUT2D eigenvalue weighted by Gasteiger charge is -2.05. The third-order valence-corrected chi connectivity index (χ3v) is 5.84. The second-order valence-corrected chi connectivity index (χ2v) is 8.15. The molecule has 0 fully saturated rings. The van der Waals surface area contributed by atoms with Crippen LogP contribution in [0.1, 0.15) is 22.6 Å². The Balaban J connectivity index is 1.91. The summed E-state index contributed by atoms with van der Waals surface area (Å²) < 4.78 is 25.5. The van der Waals surface area contributed by atoms with Gasteiger partial charge in [-0.2, -0.15) is 0 Å². The first-order valence-corrected chi connectivity index (χ1v) is 9.38. The van der Waals surface area contributed by atoms with Gasteiger partial charge >= 0.3 is 0 Å². The van der Waals surface area contributed by atoms with Gasteiger partial charge in [-0.25, -0.2) is 18.1 Å². The highest BCUT2D eigenvalue weighted by Crippen LogP contribution is 2.21. The molecule has 0 aliphatic heterocycles. The standard InChI is InChI=1S/C15H19N3O3S2/c1-10-11(2)22-15(17-10)18-14(19)9-6-12-4-7-13(8-5-12)23(20,21)16-3/h4-5,7-8,16H,6,9H2,1-3H3,(H,17,18,19). The molecule has 0 radical (unpaired) electrons. The first-order chi connectivity index (χ1) is 10.8. The van der Waals surface area contributed by atoms with E-state index in [-0.39, 0.29) is 10.8 Å². The van der Waals surface area contributed by atoms with Crippen LogP contribution in [0.15, 0.2) is 29.2 Å². The molecule has 2 N–H and O–H groups in total. The molecular formula is C15H19N3O3S2. The van der Waals surface area contributed by atoms with Crippen LogP contribution in [-0.4, -0.2) is 26.4 Å². The number of rotatable bonds is 6. The van der Waals surface area contributed by atoms with Crippen LogP contribution in [-0.2, 0) is 21.2 Å². The summed E-state index contributed by atoms with van der Waals surface area (Å²) >= 11 is 1.45. The van der Waals surface area contributed by atoms with E-state index in [1.807, 2.05) is 13.8 Å². The number of aryl methyl sites for hydroxylation is 3. The van der Waals surface area contributed by atoms with E-state index >= 15 is 0 Å². The summed E-state index contributed by atoms with van der Waals surface area (Å²) in [6.07, 6.45) is 0.852. The lowest BCUT2D eigenvalue weighted by Crippen LogP contribution is -2.18. The first-order valence-electron chi connectivity index (χ1n) is 7.08. The summed E-state index contributed by atoms with van der Waals surface area (Å²) in [6, 6.07) is 6.50. The lowest BCUT2D eigenvalue weighted by molar-refractivity contribution is -0.116. The zero-order valence-corrected chi connectivity index (χ0v) is 14.8. The van der Waals surface area contributed by atoms with Gasteiger partial charge in [-0.3, -0.25) is 4.79 Å². The second kappa shape index (κ2) is 7.20. The molecule has 124 valence electrons. The summed E-state index contributed by atoms with van der Waals surface area (Å²) in [5.41, 5.74) is 1.83. The van der Waals surface area contributed by atoms with E-state index in [0.29, 0.717) is 18.0 Å². The quantitative estimate of drug-likeness (QED) is 0.834. The third kappa shape index (κ3) is 4.60. The van der Waals surface area contributed by atoms with E-state index in [1.165, 1.54) is 30.5 Å². The Morgan fingerprint density at radius 3 is 2.39 bits per heavy atom. The molecule has 0 saturated carbocycles. The highest BCUT2D eigenvalue weighted by Gasteiger charge is 2.11. The summed E-state index contributed by atoms with van der Waals surface area (Å²) in [6.45, 7) is 3.87. The number of sulfonamides is 1. The van der Waals surface area contributed by atoms with E-state index < -0.39 is 10.0 Å². The molecular weight excluding hydrogens is 334 g/mol. The maximum atomic E-state index is 11.9. The number of thiazole rings is 1. The number of nitrogens with zero attached hydrogens (tertiary/aromatic N) is 1. The molecule has 0 atom stereocenters. The summed E-state index contributed by atoms with van der Waals surface area (Å²) in [5.74, 6) is -0.106. The Kier molecular flexibility index (Phi) is 5.51. The van der Waals surface area contributed by atoms with Gasteiger partial charge in [0.2, 0.25) is 15.9 Å². The Bertz CT molecular complexity index is 776. The molecule has 8 heteroatoms. The van der Waals surface area contributed by atoms with Gasteiger partial charge in [-0.15, -0.1) is 11.3 Å². The van der Waals surface area contributed by atoms with Gasteiger partial charge in [-0.05, 0) is 45.0 Å². The minimum absolute atomic E-state index is 0.106. The molecule has 2 rings (SSSR count). The van der Waals surface area contributed by atoms with Crippen molar-refractivity contribution < 1.29 is 13.2 Å². The van der Waals surface area contributed by atoms with Gasteiger partial charge in [0.15, 0.2) is 5.13 Å². The molecule has 2 aromatic rings. The molecule has 1 heterocycles. The monoisotopic (exact) mass is 353 g/mol. The minimum Gasteiger partial charge on any atom is -0.302 e. The van der Waals surface area contributed by atoms with Crippen molar-refractivity contribution in [1.29, 1.82) is 0 Å². The Morgan fingerprint density at radius 2 is 1.87 bits per heavy atom. The Morgan fingerprint density at radius 1 is 1.22 bits per heavy atom. The van der Waals surface area contributed by atoms with Gasteiger partial charge in [0.25, 0.3) is 0 Å². The van der Waals surface area contributed by atoms with Crippen LogP contribution < -0.4 is 10.0 Å². The van der Waals surface area contributed by atoms with Crippen LogP contribution in [0, 0.1) is 13.8 Å². The van der Waals surface area contributed by atoms with Crippen LogP contribution in [0.3, 0.4) is 0 Å². The Hall–Kier alpha value is -1.77. The number of benzene rings is 1. The number of hydrogen-bond donors (Lipinski definition) is 2.